The van der Waals surface area contributed by atoms with Crippen LogP contribution in [0.5, 0.6) is 0 Å². The average Bonchev–Trinajstić information content (AvgIpc) is 2.40. The Morgan fingerprint density at radius 1 is 1.16 bits per heavy atom. The summed E-state index contributed by atoms with van der Waals surface area (Å²) >= 11 is 5.90. The van der Waals surface area contributed by atoms with Crippen molar-refractivity contribution in [3.8, 4) is 0 Å². The topological polar surface area (TPSA) is 38.0 Å². The maximum atomic E-state index is 13.4. The summed E-state index contributed by atoms with van der Waals surface area (Å²) in [7, 11) is 0. The first-order valence-corrected chi connectivity index (χ1v) is 6.14. The van der Waals surface area contributed by atoms with Gasteiger partial charge >= 0.3 is 0 Å². The zero-order valence-electron chi connectivity index (χ0n) is 10.0. The lowest BCUT2D eigenvalue weighted by molar-refractivity contribution is 0.542. The molecule has 0 aliphatic carbocycles. The van der Waals surface area contributed by atoms with E-state index in [0.717, 1.165) is 0 Å². The molecule has 0 aliphatic heterocycles. The molecule has 2 nitrogen and oxygen atoms in total. The summed E-state index contributed by atoms with van der Waals surface area (Å²) < 4.78 is 26.5. The molecule has 1 unspecified atom stereocenters. The number of nitrogens with one attached hydrogen (secondary N) is 1. The maximum absolute atomic E-state index is 13.4. The van der Waals surface area contributed by atoms with Gasteiger partial charge in [0.05, 0.1) is 11.1 Å². The highest BCUT2D eigenvalue weighted by atomic mass is 35.5. The second-order valence-corrected chi connectivity index (χ2v) is 4.57. The molecule has 0 aromatic heterocycles. The van der Waals surface area contributed by atoms with Crippen LogP contribution >= 0.6 is 11.6 Å². The number of benzene rings is 2. The number of halogens is 3. The molecule has 100 valence electrons. The third kappa shape index (κ3) is 3.29. The van der Waals surface area contributed by atoms with Crippen molar-refractivity contribution in [1.82, 2.24) is 5.43 Å². The molecule has 5 heteroatoms. The van der Waals surface area contributed by atoms with Gasteiger partial charge in [0.25, 0.3) is 0 Å². The summed E-state index contributed by atoms with van der Waals surface area (Å²) in [5.41, 5.74) is 3.90. The van der Waals surface area contributed by atoms with Crippen molar-refractivity contribution in [3.05, 3.63) is 70.2 Å². The molecule has 2 aromatic carbocycles. The Hall–Kier alpha value is -1.49. The lowest BCUT2D eigenvalue weighted by Crippen LogP contribution is -2.29. The zero-order valence-corrected chi connectivity index (χ0v) is 10.8. The van der Waals surface area contributed by atoms with Crippen LogP contribution in [0.2, 0.25) is 5.02 Å². The van der Waals surface area contributed by atoms with Gasteiger partial charge < -0.3 is 0 Å². The van der Waals surface area contributed by atoms with Crippen molar-refractivity contribution in [2.75, 3.05) is 0 Å². The molecule has 2 rings (SSSR count). The highest BCUT2D eigenvalue weighted by Gasteiger charge is 2.14. The Bertz CT molecular complexity index is 575. The minimum atomic E-state index is -0.478. The smallest absolute Gasteiger partial charge is 0.142 e. The van der Waals surface area contributed by atoms with Gasteiger partial charge in [-0.15, -0.1) is 0 Å². The molecular weight excluding hydrogens is 270 g/mol. The average molecular weight is 283 g/mol. The van der Waals surface area contributed by atoms with E-state index in [4.69, 9.17) is 17.4 Å². The van der Waals surface area contributed by atoms with E-state index in [-0.39, 0.29) is 16.9 Å². The van der Waals surface area contributed by atoms with Crippen molar-refractivity contribution < 1.29 is 8.78 Å². The molecule has 0 radical (unpaired) electrons. The van der Waals surface area contributed by atoms with Gasteiger partial charge in [-0.1, -0.05) is 35.9 Å². The van der Waals surface area contributed by atoms with Gasteiger partial charge in [-0.3, -0.25) is 11.3 Å². The first-order chi connectivity index (χ1) is 9.11. The Morgan fingerprint density at radius 2 is 1.89 bits per heavy atom. The van der Waals surface area contributed by atoms with E-state index in [9.17, 15) is 8.78 Å². The predicted octanol–water partition coefficient (Wildman–Crippen LogP) is 3.37. The number of rotatable bonds is 4. The first-order valence-electron chi connectivity index (χ1n) is 5.76. The van der Waals surface area contributed by atoms with E-state index < -0.39 is 5.82 Å². The molecule has 19 heavy (non-hydrogen) atoms. The second-order valence-electron chi connectivity index (χ2n) is 4.19. The standard InChI is InChI=1S/C14H13ClF2N2/c15-14-10(4-2-6-12(14)17)8-13(19-18)9-3-1-5-11(16)7-9/h1-7,13,19H,8,18H2. The molecule has 0 fully saturated rings. The normalized spacial score (nSPS) is 12.4. The molecule has 0 saturated heterocycles. The molecule has 0 spiro atoms. The van der Waals surface area contributed by atoms with Crippen LogP contribution in [0, 0.1) is 11.6 Å². The Morgan fingerprint density at radius 3 is 2.58 bits per heavy atom. The summed E-state index contributed by atoms with van der Waals surface area (Å²) in [5, 5.41) is 0.0687. The van der Waals surface area contributed by atoms with E-state index >= 15 is 0 Å². The third-order valence-electron chi connectivity index (χ3n) is 2.91. The predicted molar refractivity (Wildman–Crippen MR) is 71.6 cm³/mol. The third-order valence-corrected chi connectivity index (χ3v) is 3.33. The fourth-order valence-electron chi connectivity index (χ4n) is 1.92. The molecule has 0 saturated carbocycles. The van der Waals surface area contributed by atoms with Gasteiger partial charge in [0.1, 0.15) is 11.6 Å². The summed E-state index contributed by atoms with van der Waals surface area (Å²) in [5.74, 6) is 4.66. The summed E-state index contributed by atoms with van der Waals surface area (Å²) in [6.45, 7) is 0. The van der Waals surface area contributed by atoms with Gasteiger partial charge in [-0.25, -0.2) is 8.78 Å². The summed E-state index contributed by atoms with van der Waals surface area (Å²) in [4.78, 5) is 0. The lowest BCUT2D eigenvalue weighted by atomic mass is 9.99. The van der Waals surface area contributed by atoms with Crippen molar-refractivity contribution in [2.24, 2.45) is 5.84 Å². The fraction of sp³-hybridized carbons (Fsp3) is 0.143. The highest BCUT2D eigenvalue weighted by Crippen LogP contribution is 2.25. The molecule has 0 aliphatic rings. The van der Waals surface area contributed by atoms with Crippen LogP contribution in [-0.4, -0.2) is 0 Å². The fourth-order valence-corrected chi connectivity index (χ4v) is 2.13. The zero-order chi connectivity index (χ0) is 13.8. The SMILES string of the molecule is NNC(Cc1cccc(F)c1Cl)c1cccc(F)c1. The van der Waals surface area contributed by atoms with Gasteiger partial charge in [0.15, 0.2) is 0 Å². The van der Waals surface area contributed by atoms with Crippen LogP contribution in [-0.2, 0) is 6.42 Å². The van der Waals surface area contributed by atoms with Gasteiger partial charge in [0, 0.05) is 0 Å². The molecule has 3 N–H and O–H groups in total. The Balaban J connectivity index is 2.26. The maximum Gasteiger partial charge on any atom is 0.142 e. The van der Waals surface area contributed by atoms with Crippen molar-refractivity contribution in [3.63, 3.8) is 0 Å². The van der Waals surface area contributed by atoms with E-state index in [1.165, 1.54) is 18.2 Å². The van der Waals surface area contributed by atoms with E-state index in [0.29, 0.717) is 17.5 Å². The molecular formula is C14H13ClF2N2. The van der Waals surface area contributed by atoms with Crippen LogP contribution in [0.15, 0.2) is 42.5 Å². The quantitative estimate of drug-likeness (QED) is 0.666. The van der Waals surface area contributed by atoms with Crippen molar-refractivity contribution in [1.29, 1.82) is 0 Å². The number of hydrogen-bond donors (Lipinski definition) is 2. The largest absolute Gasteiger partial charge is 0.271 e. The van der Waals surface area contributed by atoms with Crippen LogP contribution in [0.3, 0.4) is 0 Å². The summed E-state index contributed by atoms with van der Waals surface area (Å²) in [6.07, 6.45) is 0.372. The first kappa shape index (κ1) is 13.9. The van der Waals surface area contributed by atoms with Crippen molar-refractivity contribution >= 4 is 11.6 Å². The molecule has 0 bridgehead atoms. The second kappa shape index (κ2) is 6.10. The van der Waals surface area contributed by atoms with Gasteiger partial charge in [0.2, 0.25) is 0 Å². The van der Waals surface area contributed by atoms with Crippen LogP contribution < -0.4 is 11.3 Å². The van der Waals surface area contributed by atoms with E-state index in [1.54, 1.807) is 24.3 Å². The van der Waals surface area contributed by atoms with Crippen LogP contribution in [0.25, 0.3) is 0 Å². The van der Waals surface area contributed by atoms with E-state index in [2.05, 4.69) is 5.43 Å². The summed E-state index contributed by atoms with van der Waals surface area (Å²) in [6, 6.07) is 10.3. The minimum Gasteiger partial charge on any atom is -0.271 e. The van der Waals surface area contributed by atoms with Gasteiger partial charge in [-0.2, -0.15) is 0 Å². The van der Waals surface area contributed by atoms with Crippen LogP contribution in [0.4, 0.5) is 8.78 Å². The molecule has 0 amide bonds. The lowest BCUT2D eigenvalue weighted by Gasteiger charge is -2.17. The highest BCUT2D eigenvalue weighted by molar-refractivity contribution is 6.31. The molecule has 2 aromatic rings. The minimum absolute atomic E-state index is 0.0687. The molecule has 1 atom stereocenters. The van der Waals surface area contributed by atoms with Crippen molar-refractivity contribution in [2.45, 2.75) is 12.5 Å². The Labute approximate surface area is 115 Å². The number of nitrogens with two attached hydrogens (primary N) is 1. The Kier molecular flexibility index (Phi) is 4.47. The number of hydrogen-bond acceptors (Lipinski definition) is 2. The monoisotopic (exact) mass is 282 g/mol. The number of hydrazine groups is 1. The molecule has 0 heterocycles. The van der Waals surface area contributed by atoms with E-state index in [1.807, 2.05) is 0 Å². The van der Waals surface area contributed by atoms with Crippen LogP contribution in [0.1, 0.15) is 17.2 Å². The van der Waals surface area contributed by atoms with Gasteiger partial charge in [-0.05, 0) is 35.7 Å².